The van der Waals surface area contributed by atoms with Crippen LogP contribution in [0.1, 0.15) is 44.9 Å². The first-order chi connectivity index (χ1) is 6.50. The Morgan fingerprint density at radius 1 is 1.07 bits per heavy atom. The lowest BCUT2D eigenvalue weighted by Gasteiger charge is -2.20. The lowest BCUT2D eigenvalue weighted by Crippen LogP contribution is -2.30. The topological polar surface area (TPSA) is 20.2 Å². The highest BCUT2D eigenvalue weighted by atomic mass is 19.4. The van der Waals surface area contributed by atoms with Gasteiger partial charge in [0.05, 0.1) is 0 Å². The fraction of sp³-hybridized carbons (Fsp3) is 1.00. The minimum Gasteiger partial charge on any atom is -0.384 e. The summed E-state index contributed by atoms with van der Waals surface area (Å²) in [6.07, 6.45) is -0.719. The van der Waals surface area contributed by atoms with Crippen LogP contribution in [0.15, 0.2) is 0 Å². The van der Waals surface area contributed by atoms with E-state index in [1.165, 1.54) is 0 Å². The standard InChI is InChI=1S/C10H17F3O/c11-10(12,13)9(14)7-8-5-3-1-2-4-6-8/h8-9,14H,1-7H2. The first-order valence-corrected chi connectivity index (χ1v) is 5.25. The van der Waals surface area contributed by atoms with Gasteiger partial charge in [0, 0.05) is 0 Å². The fourth-order valence-corrected chi connectivity index (χ4v) is 2.05. The molecule has 0 aromatic heterocycles. The predicted octanol–water partition coefficient (Wildman–Crippen LogP) is 3.27. The van der Waals surface area contributed by atoms with E-state index in [9.17, 15) is 13.2 Å². The zero-order chi connectivity index (χ0) is 10.6. The summed E-state index contributed by atoms with van der Waals surface area (Å²) in [5, 5.41) is 8.90. The van der Waals surface area contributed by atoms with E-state index in [0.717, 1.165) is 38.5 Å². The van der Waals surface area contributed by atoms with E-state index in [4.69, 9.17) is 5.11 Å². The zero-order valence-electron chi connectivity index (χ0n) is 8.19. The lowest BCUT2D eigenvalue weighted by molar-refractivity contribution is -0.208. The van der Waals surface area contributed by atoms with E-state index >= 15 is 0 Å². The monoisotopic (exact) mass is 210 g/mol. The van der Waals surface area contributed by atoms with Crippen molar-refractivity contribution in [2.75, 3.05) is 0 Å². The maximum Gasteiger partial charge on any atom is 0.414 e. The van der Waals surface area contributed by atoms with E-state index in [1.807, 2.05) is 0 Å². The molecule has 0 radical (unpaired) electrons. The number of aliphatic hydroxyl groups is 1. The molecule has 0 amide bonds. The van der Waals surface area contributed by atoms with Crippen LogP contribution in [0.2, 0.25) is 0 Å². The molecule has 0 aromatic rings. The molecule has 0 spiro atoms. The molecule has 0 aliphatic heterocycles. The molecule has 1 N–H and O–H groups in total. The van der Waals surface area contributed by atoms with Gasteiger partial charge in [-0.25, -0.2) is 0 Å². The van der Waals surface area contributed by atoms with E-state index in [0.29, 0.717) is 0 Å². The third-order valence-electron chi connectivity index (χ3n) is 2.91. The Hall–Kier alpha value is -0.250. The third kappa shape index (κ3) is 3.86. The second-order valence-electron chi connectivity index (χ2n) is 4.15. The molecule has 0 aromatic carbocycles. The van der Waals surface area contributed by atoms with Gasteiger partial charge in [-0.1, -0.05) is 38.5 Å². The molecular formula is C10H17F3O. The second-order valence-corrected chi connectivity index (χ2v) is 4.15. The van der Waals surface area contributed by atoms with Crippen LogP contribution in [0.25, 0.3) is 0 Å². The summed E-state index contributed by atoms with van der Waals surface area (Å²) in [6.45, 7) is 0. The number of hydrogen-bond acceptors (Lipinski definition) is 1. The van der Waals surface area contributed by atoms with Gasteiger partial charge in [-0.05, 0) is 12.3 Å². The minimum absolute atomic E-state index is 0.0640. The van der Waals surface area contributed by atoms with Crippen molar-refractivity contribution in [3.05, 3.63) is 0 Å². The largest absolute Gasteiger partial charge is 0.414 e. The van der Waals surface area contributed by atoms with Crippen molar-refractivity contribution < 1.29 is 18.3 Å². The highest BCUT2D eigenvalue weighted by Crippen LogP contribution is 2.31. The van der Waals surface area contributed by atoms with Crippen LogP contribution in [0.3, 0.4) is 0 Å². The summed E-state index contributed by atoms with van der Waals surface area (Å²) >= 11 is 0. The molecule has 1 saturated carbocycles. The van der Waals surface area contributed by atoms with Gasteiger partial charge in [0.2, 0.25) is 0 Å². The SMILES string of the molecule is OC(CC1CCCCCC1)C(F)(F)F. The molecule has 1 nitrogen and oxygen atoms in total. The maximum absolute atomic E-state index is 12.1. The van der Waals surface area contributed by atoms with Gasteiger partial charge in [-0.15, -0.1) is 0 Å². The Morgan fingerprint density at radius 2 is 1.57 bits per heavy atom. The Morgan fingerprint density at radius 3 is 2.00 bits per heavy atom. The van der Waals surface area contributed by atoms with Gasteiger partial charge in [0.15, 0.2) is 0 Å². The number of hydrogen-bond donors (Lipinski definition) is 1. The molecule has 0 bridgehead atoms. The van der Waals surface area contributed by atoms with E-state index in [2.05, 4.69) is 0 Å². The molecule has 0 heterocycles. The summed E-state index contributed by atoms with van der Waals surface area (Å²) in [5.74, 6) is 0.0640. The van der Waals surface area contributed by atoms with Crippen LogP contribution in [0.4, 0.5) is 13.2 Å². The molecule has 14 heavy (non-hydrogen) atoms. The van der Waals surface area contributed by atoms with Gasteiger partial charge in [-0.2, -0.15) is 13.2 Å². The number of aliphatic hydroxyl groups excluding tert-OH is 1. The normalized spacial score (nSPS) is 23.1. The molecule has 1 unspecified atom stereocenters. The average Bonchev–Trinajstić information content (AvgIpc) is 2.31. The number of alkyl halides is 3. The van der Waals surface area contributed by atoms with Gasteiger partial charge in [-0.3, -0.25) is 0 Å². The highest BCUT2D eigenvalue weighted by molar-refractivity contribution is 4.73. The second kappa shape index (κ2) is 5.01. The van der Waals surface area contributed by atoms with Crippen molar-refractivity contribution in [1.29, 1.82) is 0 Å². The van der Waals surface area contributed by atoms with Crippen LogP contribution in [-0.2, 0) is 0 Å². The minimum atomic E-state index is -4.44. The van der Waals surface area contributed by atoms with Crippen molar-refractivity contribution in [2.24, 2.45) is 5.92 Å². The maximum atomic E-state index is 12.1. The first kappa shape index (κ1) is 11.8. The van der Waals surface area contributed by atoms with E-state index < -0.39 is 12.3 Å². The average molecular weight is 210 g/mol. The smallest absolute Gasteiger partial charge is 0.384 e. The van der Waals surface area contributed by atoms with Crippen LogP contribution < -0.4 is 0 Å². The molecule has 0 saturated heterocycles. The Bertz CT molecular complexity index is 159. The van der Waals surface area contributed by atoms with Gasteiger partial charge < -0.3 is 5.11 Å². The van der Waals surface area contributed by atoms with Crippen molar-refractivity contribution in [3.8, 4) is 0 Å². The van der Waals surface area contributed by atoms with Gasteiger partial charge in [0.25, 0.3) is 0 Å². The predicted molar refractivity (Wildman–Crippen MR) is 47.9 cm³/mol. The summed E-state index contributed by atoms with van der Waals surface area (Å²) in [5.41, 5.74) is 0. The summed E-state index contributed by atoms with van der Waals surface area (Å²) < 4.78 is 36.2. The van der Waals surface area contributed by atoms with Crippen LogP contribution in [-0.4, -0.2) is 17.4 Å². The fourth-order valence-electron chi connectivity index (χ4n) is 2.05. The van der Waals surface area contributed by atoms with Crippen molar-refractivity contribution in [3.63, 3.8) is 0 Å². The van der Waals surface area contributed by atoms with Crippen LogP contribution in [0, 0.1) is 5.92 Å². The molecule has 1 rings (SSSR count). The molecule has 1 atom stereocenters. The van der Waals surface area contributed by atoms with Gasteiger partial charge in [0.1, 0.15) is 6.10 Å². The molecule has 1 aliphatic carbocycles. The first-order valence-electron chi connectivity index (χ1n) is 5.25. The summed E-state index contributed by atoms with van der Waals surface area (Å²) in [7, 11) is 0. The van der Waals surface area contributed by atoms with E-state index in [1.54, 1.807) is 0 Å². The molecule has 1 fully saturated rings. The quantitative estimate of drug-likeness (QED) is 0.693. The summed E-state index contributed by atoms with van der Waals surface area (Å²) in [6, 6.07) is 0. The van der Waals surface area contributed by atoms with Crippen LogP contribution in [0.5, 0.6) is 0 Å². The van der Waals surface area contributed by atoms with Crippen molar-refractivity contribution in [1.82, 2.24) is 0 Å². The highest BCUT2D eigenvalue weighted by Gasteiger charge is 2.39. The summed E-state index contributed by atoms with van der Waals surface area (Å²) in [4.78, 5) is 0. The Balaban J connectivity index is 2.34. The Labute approximate surface area is 82.3 Å². The number of rotatable bonds is 2. The van der Waals surface area contributed by atoms with Crippen molar-refractivity contribution >= 4 is 0 Å². The third-order valence-corrected chi connectivity index (χ3v) is 2.91. The van der Waals surface area contributed by atoms with Crippen LogP contribution >= 0.6 is 0 Å². The molecular weight excluding hydrogens is 193 g/mol. The molecule has 84 valence electrons. The molecule has 4 heteroatoms. The lowest BCUT2D eigenvalue weighted by atomic mass is 9.93. The zero-order valence-corrected chi connectivity index (χ0v) is 8.19. The Kier molecular flexibility index (Phi) is 4.23. The van der Waals surface area contributed by atoms with Crippen molar-refractivity contribution in [2.45, 2.75) is 57.2 Å². The van der Waals surface area contributed by atoms with E-state index in [-0.39, 0.29) is 12.3 Å². The van der Waals surface area contributed by atoms with Gasteiger partial charge >= 0.3 is 6.18 Å². The number of halogens is 3. The molecule has 1 aliphatic rings.